The predicted octanol–water partition coefficient (Wildman–Crippen LogP) is 4.36. The molecule has 1 aromatic heterocycles. The minimum absolute atomic E-state index is 0.600. The Hall–Kier alpha value is -1.65. The first-order valence-electron chi connectivity index (χ1n) is 5.75. The van der Waals surface area contributed by atoms with Crippen LogP contribution in [0.25, 0.3) is 11.1 Å². The fourth-order valence-electron chi connectivity index (χ4n) is 1.79. The smallest absolute Gasteiger partial charge is 0.205 e. The molecule has 0 unspecified atom stereocenters. The lowest BCUT2D eigenvalue weighted by atomic mass is 10.3. The molecule has 2 aromatic carbocycles. The molecule has 1 heterocycles. The topological polar surface area (TPSA) is 52.0 Å². The van der Waals surface area contributed by atoms with Gasteiger partial charge in [0.2, 0.25) is 5.89 Å². The van der Waals surface area contributed by atoms with E-state index in [1.807, 2.05) is 42.5 Å². The summed E-state index contributed by atoms with van der Waals surface area (Å²) in [5, 5.41) is 0.654. The van der Waals surface area contributed by atoms with Crippen molar-refractivity contribution in [3.05, 3.63) is 53.4 Å². The fourth-order valence-corrected chi connectivity index (χ4v) is 2.97. The van der Waals surface area contributed by atoms with Crippen molar-refractivity contribution in [2.45, 2.75) is 10.6 Å². The van der Waals surface area contributed by atoms with Crippen LogP contribution in [0.4, 0.5) is 5.69 Å². The minimum Gasteiger partial charge on any atom is -0.440 e. The van der Waals surface area contributed by atoms with E-state index >= 15 is 0 Å². The molecule has 3 rings (SSSR count). The molecule has 0 aliphatic rings. The summed E-state index contributed by atoms with van der Waals surface area (Å²) >= 11 is 7.65. The lowest BCUT2D eigenvalue weighted by Gasteiger charge is -2.05. The van der Waals surface area contributed by atoms with Gasteiger partial charge in [0.05, 0.1) is 10.8 Å². The van der Waals surface area contributed by atoms with E-state index in [-0.39, 0.29) is 0 Å². The van der Waals surface area contributed by atoms with E-state index in [1.54, 1.807) is 0 Å². The quantitative estimate of drug-likeness (QED) is 0.575. The molecule has 0 saturated heterocycles. The number of aromatic nitrogens is 1. The van der Waals surface area contributed by atoms with Crippen LogP contribution < -0.4 is 5.73 Å². The molecule has 5 heteroatoms. The maximum Gasteiger partial charge on any atom is 0.205 e. The molecule has 0 spiro atoms. The summed E-state index contributed by atoms with van der Waals surface area (Å²) in [4.78, 5) is 5.28. The maximum atomic E-state index is 6.12. The lowest BCUT2D eigenvalue weighted by Crippen LogP contribution is -1.89. The number of nitrogens with two attached hydrogens (primary N) is 1. The Morgan fingerprint density at radius 3 is 2.79 bits per heavy atom. The van der Waals surface area contributed by atoms with E-state index < -0.39 is 0 Å². The minimum atomic E-state index is 0.600. The fraction of sp³-hybridized carbons (Fsp3) is 0.0714. The van der Waals surface area contributed by atoms with Gasteiger partial charge in [-0.25, -0.2) is 4.98 Å². The zero-order chi connectivity index (χ0) is 13.2. The highest BCUT2D eigenvalue weighted by molar-refractivity contribution is 7.98. The van der Waals surface area contributed by atoms with E-state index in [1.165, 1.54) is 11.8 Å². The Bertz CT molecular complexity index is 673. The summed E-state index contributed by atoms with van der Waals surface area (Å²) in [6, 6.07) is 13.2. The first kappa shape index (κ1) is 12.4. The van der Waals surface area contributed by atoms with Crippen molar-refractivity contribution in [3.8, 4) is 0 Å². The zero-order valence-electron chi connectivity index (χ0n) is 9.97. The summed E-state index contributed by atoms with van der Waals surface area (Å²) in [5.74, 6) is 1.27. The standard InChI is InChI=1S/C14H11ClN2OS/c15-9-4-3-5-10(16)14(9)19-8-13-17-11-6-1-2-7-12(11)18-13/h1-7H,8,16H2. The van der Waals surface area contributed by atoms with E-state index in [0.717, 1.165) is 16.0 Å². The Morgan fingerprint density at radius 1 is 1.16 bits per heavy atom. The van der Waals surface area contributed by atoms with Crippen LogP contribution in [-0.2, 0) is 5.75 Å². The highest BCUT2D eigenvalue weighted by Gasteiger charge is 2.09. The second-order valence-electron chi connectivity index (χ2n) is 4.02. The number of thioether (sulfide) groups is 1. The average molecular weight is 291 g/mol. The molecule has 96 valence electrons. The van der Waals surface area contributed by atoms with Crippen molar-refractivity contribution in [2.24, 2.45) is 0 Å². The number of benzene rings is 2. The van der Waals surface area contributed by atoms with Gasteiger partial charge in [-0.15, -0.1) is 11.8 Å². The van der Waals surface area contributed by atoms with Gasteiger partial charge in [-0.1, -0.05) is 29.8 Å². The highest BCUT2D eigenvalue weighted by atomic mass is 35.5. The number of hydrogen-bond donors (Lipinski definition) is 1. The number of hydrogen-bond acceptors (Lipinski definition) is 4. The normalized spacial score (nSPS) is 11.0. The molecule has 0 radical (unpaired) electrons. The first-order chi connectivity index (χ1) is 9.24. The van der Waals surface area contributed by atoms with Crippen molar-refractivity contribution in [1.82, 2.24) is 4.98 Å². The number of halogens is 1. The van der Waals surface area contributed by atoms with Gasteiger partial charge in [0.25, 0.3) is 0 Å². The lowest BCUT2D eigenvalue weighted by molar-refractivity contribution is 0.556. The van der Waals surface area contributed by atoms with Crippen LogP contribution in [0.15, 0.2) is 51.8 Å². The van der Waals surface area contributed by atoms with Gasteiger partial charge in [-0.2, -0.15) is 0 Å². The SMILES string of the molecule is Nc1cccc(Cl)c1SCc1nc2ccccc2o1. The molecule has 0 fully saturated rings. The maximum absolute atomic E-state index is 6.12. The highest BCUT2D eigenvalue weighted by Crippen LogP contribution is 2.34. The molecule has 0 aliphatic carbocycles. The summed E-state index contributed by atoms with van der Waals surface area (Å²) in [5.41, 5.74) is 8.24. The molecule has 0 aliphatic heterocycles. The molecule has 0 atom stereocenters. The van der Waals surface area contributed by atoms with Crippen LogP contribution in [0.3, 0.4) is 0 Å². The van der Waals surface area contributed by atoms with Crippen LogP contribution in [0.2, 0.25) is 5.02 Å². The van der Waals surface area contributed by atoms with Gasteiger partial charge in [0, 0.05) is 10.6 Å². The summed E-state index contributed by atoms with van der Waals surface area (Å²) < 4.78 is 5.65. The number of nitrogen functional groups attached to an aromatic ring is 1. The Balaban J connectivity index is 1.82. The van der Waals surface area contributed by atoms with Gasteiger partial charge in [0.15, 0.2) is 5.58 Å². The van der Waals surface area contributed by atoms with Crippen LogP contribution in [0.1, 0.15) is 5.89 Å². The second-order valence-corrected chi connectivity index (χ2v) is 5.41. The van der Waals surface area contributed by atoms with Gasteiger partial charge >= 0.3 is 0 Å². The molecule has 0 amide bonds. The van der Waals surface area contributed by atoms with Gasteiger partial charge < -0.3 is 10.2 Å². The van der Waals surface area contributed by atoms with Gasteiger partial charge in [-0.05, 0) is 24.3 Å². The van der Waals surface area contributed by atoms with E-state index in [2.05, 4.69) is 4.98 Å². The van der Waals surface area contributed by atoms with Crippen LogP contribution in [-0.4, -0.2) is 4.98 Å². The van der Waals surface area contributed by atoms with Gasteiger partial charge in [0.1, 0.15) is 5.52 Å². The molecule has 3 aromatic rings. The Labute approximate surface area is 119 Å². The third-order valence-corrected chi connectivity index (χ3v) is 4.24. The van der Waals surface area contributed by atoms with Crippen LogP contribution in [0, 0.1) is 0 Å². The van der Waals surface area contributed by atoms with E-state index in [9.17, 15) is 0 Å². The first-order valence-corrected chi connectivity index (χ1v) is 7.11. The van der Waals surface area contributed by atoms with Crippen molar-refractivity contribution < 1.29 is 4.42 Å². The average Bonchev–Trinajstić information content (AvgIpc) is 2.81. The number of fused-ring (bicyclic) bond motifs is 1. The third-order valence-electron chi connectivity index (χ3n) is 2.68. The Kier molecular flexibility index (Phi) is 3.36. The number of para-hydroxylation sites is 2. The Morgan fingerprint density at radius 2 is 2.00 bits per heavy atom. The molecular weight excluding hydrogens is 280 g/mol. The van der Waals surface area contributed by atoms with Crippen LogP contribution in [0.5, 0.6) is 0 Å². The van der Waals surface area contributed by atoms with E-state index in [4.69, 9.17) is 21.8 Å². The molecular formula is C14H11ClN2OS. The van der Waals surface area contributed by atoms with Crippen molar-refractivity contribution in [2.75, 3.05) is 5.73 Å². The largest absolute Gasteiger partial charge is 0.440 e. The summed E-state index contributed by atoms with van der Waals surface area (Å²) in [7, 11) is 0. The second kappa shape index (κ2) is 5.15. The molecule has 0 bridgehead atoms. The van der Waals surface area contributed by atoms with Gasteiger partial charge in [-0.3, -0.25) is 0 Å². The summed E-state index contributed by atoms with van der Waals surface area (Å²) in [6.07, 6.45) is 0. The predicted molar refractivity (Wildman–Crippen MR) is 79.4 cm³/mol. The molecule has 3 nitrogen and oxygen atoms in total. The van der Waals surface area contributed by atoms with Crippen LogP contribution >= 0.6 is 23.4 Å². The summed E-state index contributed by atoms with van der Waals surface area (Å²) in [6.45, 7) is 0. The molecule has 0 saturated carbocycles. The number of nitrogens with zero attached hydrogens (tertiary/aromatic N) is 1. The van der Waals surface area contributed by atoms with Crippen molar-refractivity contribution >= 4 is 40.1 Å². The number of rotatable bonds is 3. The zero-order valence-corrected chi connectivity index (χ0v) is 11.5. The monoisotopic (exact) mass is 290 g/mol. The molecule has 19 heavy (non-hydrogen) atoms. The molecule has 2 N–H and O–H groups in total. The van der Waals surface area contributed by atoms with Crippen molar-refractivity contribution in [1.29, 1.82) is 0 Å². The van der Waals surface area contributed by atoms with E-state index in [0.29, 0.717) is 22.4 Å². The number of anilines is 1. The number of oxazole rings is 1. The third kappa shape index (κ3) is 2.55. The van der Waals surface area contributed by atoms with Crippen molar-refractivity contribution in [3.63, 3.8) is 0 Å².